The van der Waals surface area contributed by atoms with Gasteiger partial charge in [-0.1, -0.05) is 24.3 Å². The van der Waals surface area contributed by atoms with Gasteiger partial charge in [-0.05, 0) is 24.0 Å². The summed E-state index contributed by atoms with van der Waals surface area (Å²) in [4.78, 5) is 11.4. The maximum absolute atomic E-state index is 10.2. The fourth-order valence-electron chi connectivity index (χ4n) is 1.01. The number of carboxylic acids is 1. The molecule has 0 aliphatic heterocycles. The molecule has 2 nitrogen and oxygen atoms in total. The minimum Gasteiger partial charge on any atom is -0.481 e. The third-order valence-corrected chi connectivity index (χ3v) is 2.46. The highest BCUT2D eigenvalue weighted by molar-refractivity contribution is 7.98. The van der Waals surface area contributed by atoms with Crippen LogP contribution in [0.15, 0.2) is 35.2 Å². The Morgan fingerprint density at radius 3 is 2.57 bits per heavy atom. The smallest absolute Gasteiger partial charge is 0.307 e. The maximum atomic E-state index is 10.2. The molecule has 1 aromatic carbocycles. The first-order chi connectivity index (χ1) is 6.72. The summed E-state index contributed by atoms with van der Waals surface area (Å²) in [6.07, 6.45) is 5.56. The molecule has 0 aliphatic rings. The zero-order valence-electron chi connectivity index (χ0n) is 7.93. The van der Waals surface area contributed by atoms with Gasteiger partial charge in [-0.15, -0.1) is 11.8 Å². The van der Waals surface area contributed by atoms with E-state index in [1.165, 1.54) is 4.90 Å². The molecular weight excluding hydrogens is 196 g/mol. The second-order valence-electron chi connectivity index (χ2n) is 2.77. The average Bonchev–Trinajstić information content (AvgIpc) is 2.18. The number of thioether (sulfide) groups is 1. The van der Waals surface area contributed by atoms with E-state index in [9.17, 15) is 4.79 Å². The van der Waals surface area contributed by atoms with Crippen LogP contribution in [-0.2, 0) is 4.79 Å². The van der Waals surface area contributed by atoms with Crippen molar-refractivity contribution in [2.24, 2.45) is 0 Å². The molecule has 1 aromatic rings. The summed E-state index contributed by atoms with van der Waals surface area (Å²) in [6.45, 7) is 0. The molecule has 0 atom stereocenters. The Morgan fingerprint density at radius 1 is 1.43 bits per heavy atom. The monoisotopic (exact) mass is 208 g/mol. The Balaban J connectivity index is 2.59. The Bertz CT molecular complexity index is 328. The third-order valence-electron chi connectivity index (χ3n) is 1.72. The van der Waals surface area contributed by atoms with Gasteiger partial charge in [-0.25, -0.2) is 0 Å². The topological polar surface area (TPSA) is 37.3 Å². The van der Waals surface area contributed by atoms with Crippen LogP contribution in [0.1, 0.15) is 12.0 Å². The van der Waals surface area contributed by atoms with E-state index in [0.29, 0.717) is 0 Å². The lowest BCUT2D eigenvalue weighted by Gasteiger charge is -1.96. The van der Waals surface area contributed by atoms with E-state index in [-0.39, 0.29) is 6.42 Å². The van der Waals surface area contributed by atoms with Gasteiger partial charge in [-0.2, -0.15) is 0 Å². The highest BCUT2D eigenvalue weighted by atomic mass is 32.2. The number of carboxylic acid groups (broad SMARTS) is 1. The average molecular weight is 208 g/mol. The quantitative estimate of drug-likeness (QED) is 0.773. The van der Waals surface area contributed by atoms with Crippen LogP contribution in [0.2, 0.25) is 0 Å². The van der Waals surface area contributed by atoms with Crippen LogP contribution >= 0.6 is 11.8 Å². The Morgan fingerprint density at radius 2 is 2.07 bits per heavy atom. The molecule has 0 unspecified atom stereocenters. The van der Waals surface area contributed by atoms with E-state index in [0.717, 1.165) is 5.56 Å². The summed E-state index contributed by atoms with van der Waals surface area (Å²) in [6, 6.07) is 7.99. The van der Waals surface area contributed by atoms with Gasteiger partial charge in [-0.3, -0.25) is 4.79 Å². The standard InChI is InChI=1S/C11H12O2S/c1-14-10-7-5-9(6-8-10)3-2-4-11(12)13/h2-3,5-8H,4H2,1H3,(H,12,13). The highest BCUT2D eigenvalue weighted by Gasteiger charge is 1.91. The summed E-state index contributed by atoms with van der Waals surface area (Å²) in [5.41, 5.74) is 1.03. The van der Waals surface area contributed by atoms with Crippen molar-refractivity contribution in [3.8, 4) is 0 Å². The summed E-state index contributed by atoms with van der Waals surface area (Å²) >= 11 is 1.69. The van der Waals surface area contributed by atoms with Gasteiger partial charge < -0.3 is 5.11 Å². The van der Waals surface area contributed by atoms with Crippen molar-refractivity contribution in [3.05, 3.63) is 35.9 Å². The summed E-state index contributed by atoms with van der Waals surface area (Å²) in [5, 5.41) is 8.42. The molecule has 0 radical (unpaired) electrons. The lowest BCUT2D eigenvalue weighted by Crippen LogP contribution is -1.89. The zero-order chi connectivity index (χ0) is 10.4. The second-order valence-corrected chi connectivity index (χ2v) is 3.65. The van der Waals surface area contributed by atoms with Crippen LogP contribution in [0, 0.1) is 0 Å². The van der Waals surface area contributed by atoms with E-state index >= 15 is 0 Å². The first-order valence-electron chi connectivity index (χ1n) is 4.25. The summed E-state index contributed by atoms with van der Waals surface area (Å²) < 4.78 is 0. The van der Waals surface area contributed by atoms with Crippen LogP contribution in [-0.4, -0.2) is 17.3 Å². The molecule has 14 heavy (non-hydrogen) atoms. The molecule has 0 bridgehead atoms. The largest absolute Gasteiger partial charge is 0.481 e. The Hall–Kier alpha value is -1.22. The van der Waals surface area contributed by atoms with E-state index in [2.05, 4.69) is 0 Å². The van der Waals surface area contributed by atoms with E-state index in [4.69, 9.17) is 5.11 Å². The van der Waals surface area contributed by atoms with Crippen LogP contribution in [0.3, 0.4) is 0 Å². The summed E-state index contributed by atoms with van der Waals surface area (Å²) in [7, 11) is 0. The predicted octanol–water partition coefficient (Wildman–Crippen LogP) is 2.90. The maximum Gasteiger partial charge on any atom is 0.307 e. The van der Waals surface area contributed by atoms with E-state index in [1.54, 1.807) is 17.8 Å². The highest BCUT2D eigenvalue weighted by Crippen LogP contribution is 2.15. The molecule has 0 saturated heterocycles. The third kappa shape index (κ3) is 3.66. The summed E-state index contributed by atoms with van der Waals surface area (Å²) in [5.74, 6) is -0.804. The fourth-order valence-corrected chi connectivity index (χ4v) is 1.42. The van der Waals surface area contributed by atoms with E-state index in [1.807, 2.05) is 36.6 Å². The van der Waals surface area contributed by atoms with Crippen LogP contribution in [0.5, 0.6) is 0 Å². The number of aliphatic carboxylic acids is 1. The number of carbonyl (C=O) groups is 1. The van der Waals surface area contributed by atoms with Crippen LogP contribution in [0.4, 0.5) is 0 Å². The zero-order valence-corrected chi connectivity index (χ0v) is 8.75. The van der Waals surface area contributed by atoms with Gasteiger partial charge in [0.05, 0.1) is 6.42 Å². The Kier molecular flexibility index (Phi) is 4.26. The molecule has 3 heteroatoms. The van der Waals surface area contributed by atoms with Crippen LogP contribution < -0.4 is 0 Å². The molecule has 74 valence electrons. The van der Waals surface area contributed by atoms with E-state index < -0.39 is 5.97 Å². The molecule has 0 amide bonds. The molecule has 0 spiro atoms. The lowest BCUT2D eigenvalue weighted by molar-refractivity contribution is -0.135. The van der Waals surface area contributed by atoms with Crippen LogP contribution in [0.25, 0.3) is 6.08 Å². The molecule has 1 rings (SSSR count). The minimum absolute atomic E-state index is 0.0737. The number of hydrogen-bond donors (Lipinski definition) is 1. The molecule has 0 heterocycles. The molecule has 0 fully saturated rings. The molecule has 0 aliphatic carbocycles. The van der Waals surface area contributed by atoms with Gasteiger partial charge in [0.2, 0.25) is 0 Å². The predicted molar refractivity (Wildman–Crippen MR) is 59.5 cm³/mol. The van der Waals surface area contributed by atoms with Gasteiger partial charge in [0.15, 0.2) is 0 Å². The normalized spacial score (nSPS) is 10.6. The first kappa shape index (κ1) is 10.9. The van der Waals surface area contributed by atoms with Gasteiger partial charge in [0.25, 0.3) is 0 Å². The van der Waals surface area contributed by atoms with Gasteiger partial charge in [0, 0.05) is 4.90 Å². The first-order valence-corrected chi connectivity index (χ1v) is 5.47. The van der Waals surface area contributed by atoms with Gasteiger partial charge >= 0.3 is 5.97 Å². The molecule has 0 saturated carbocycles. The second kappa shape index (κ2) is 5.50. The number of hydrogen-bond acceptors (Lipinski definition) is 2. The fraction of sp³-hybridized carbons (Fsp3) is 0.182. The molecule has 0 aromatic heterocycles. The van der Waals surface area contributed by atoms with Crippen molar-refractivity contribution in [1.82, 2.24) is 0 Å². The number of benzene rings is 1. The lowest BCUT2D eigenvalue weighted by atomic mass is 10.2. The van der Waals surface area contributed by atoms with Crippen molar-refractivity contribution < 1.29 is 9.90 Å². The van der Waals surface area contributed by atoms with Crippen molar-refractivity contribution in [3.63, 3.8) is 0 Å². The van der Waals surface area contributed by atoms with Crippen molar-refractivity contribution in [2.75, 3.05) is 6.26 Å². The van der Waals surface area contributed by atoms with Crippen molar-refractivity contribution >= 4 is 23.8 Å². The SMILES string of the molecule is CSc1ccc(C=CCC(=O)O)cc1. The van der Waals surface area contributed by atoms with Crippen molar-refractivity contribution in [1.29, 1.82) is 0 Å². The molecule has 1 N–H and O–H groups in total. The number of rotatable bonds is 4. The molecular formula is C11H12O2S. The van der Waals surface area contributed by atoms with Gasteiger partial charge in [0.1, 0.15) is 0 Å². The Labute approximate surface area is 87.6 Å². The minimum atomic E-state index is -0.804. The van der Waals surface area contributed by atoms with Crippen molar-refractivity contribution in [2.45, 2.75) is 11.3 Å².